The Morgan fingerprint density at radius 3 is 0.908 bits per heavy atom. The largest absolute Gasteiger partial charge is 0.472 e. The predicted molar refractivity (Wildman–Crippen MR) is 400 cm³/mol. The standard InChI is InChI=1S/C79H150O17P2/c1-8-10-11-12-13-14-15-16-19-23-26-32-39-46-53-60-76(81)89-66-74(95-78(83)62-55-48-40-33-27-24-21-18-17-20-22-25-30-36-43-50-57-70(3)4)68-93-97(85,86)91-64-73(80)65-92-98(87,88)94-69-75(67-90-77(82)61-54-47-42-35-37-44-51-58-71(5)6)96-79(84)63-56-49-41-34-29-28-31-38-45-52-59-72(7)9-2/h14-16,19,70-75,80H,8-13,17-18,20-69H2,1-7H3,(H,85,86)(H,87,88)/b15-14-,19-16-/t72?,73?,74-,75-/m1/s1. The van der Waals surface area contributed by atoms with Crippen molar-refractivity contribution in [2.45, 2.75) is 401 Å². The zero-order valence-corrected chi connectivity index (χ0v) is 65.5. The highest BCUT2D eigenvalue weighted by molar-refractivity contribution is 7.47. The van der Waals surface area contributed by atoms with Gasteiger partial charge in [-0.3, -0.25) is 37.3 Å². The van der Waals surface area contributed by atoms with E-state index in [1.807, 2.05) is 0 Å². The summed E-state index contributed by atoms with van der Waals surface area (Å²) in [5, 5.41) is 10.6. The summed E-state index contributed by atoms with van der Waals surface area (Å²) in [5.74, 6) is 0.167. The summed E-state index contributed by atoms with van der Waals surface area (Å²) in [6, 6.07) is 0. The fourth-order valence-corrected chi connectivity index (χ4v) is 13.1. The maximum absolute atomic E-state index is 13.1. The summed E-state index contributed by atoms with van der Waals surface area (Å²) in [6.07, 6.45) is 59.1. The quantitative estimate of drug-likeness (QED) is 0.0169. The first-order valence-corrected chi connectivity index (χ1v) is 43.2. The third kappa shape index (κ3) is 70.6. The monoisotopic (exact) mass is 1430 g/mol. The molecule has 0 fully saturated rings. The number of aliphatic hydroxyl groups is 1. The van der Waals surface area contributed by atoms with Crippen molar-refractivity contribution < 1.29 is 80.2 Å². The Morgan fingerprint density at radius 2 is 0.602 bits per heavy atom. The topological polar surface area (TPSA) is 237 Å². The number of aliphatic hydroxyl groups excluding tert-OH is 1. The zero-order valence-electron chi connectivity index (χ0n) is 63.7. The summed E-state index contributed by atoms with van der Waals surface area (Å²) >= 11 is 0. The molecule has 0 aromatic carbocycles. The fourth-order valence-electron chi connectivity index (χ4n) is 11.6. The second-order valence-electron chi connectivity index (χ2n) is 29.0. The van der Waals surface area contributed by atoms with Gasteiger partial charge in [0.15, 0.2) is 12.2 Å². The van der Waals surface area contributed by atoms with Crippen molar-refractivity contribution in [3.63, 3.8) is 0 Å². The van der Waals surface area contributed by atoms with E-state index in [4.69, 9.17) is 37.0 Å². The highest BCUT2D eigenvalue weighted by Crippen LogP contribution is 2.45. The van der Waals surface area contributed by atoms with Gasteiger partial charge in [-0.2, -0.15) is 0 Å². The number of ether oxygens (including phenoxy) is 4. The lowest BCUT2D eigenvalue weighted by molar-refractivity contribution is -0.161. The molecule has 0 aliphatic carbocycles. The van der Waals surface area contributed by atoms with Crippen LogP contribution in [0.2, 0.25) is 0 Å². The van der Waals surface area contributed by atoms with E-state index in [9.17, 15) is 43.2 Å². The molecule has 0 heterocycles. The predicted octanol–water partition coefficient (Wildman–Crippen LogP) is 22.9. The Morgan fingerprint density at radius 1 is 0.337 bits per heavy atom. The molecule has 0 rings (SSSR count). The van der Waals surface area contributed by atoms with Crippen LogP contribution < -0.4 is 0 Å². The summed E-state index contributed by atoms with van der Waals surface area (Å²) < 4.78 is 68.6. The molecule has 0 amide bonds. The van der Waals surface area contributed by atoms with Gasteiger partial charge in [-0.05, 0) is 69.1 Å². The molecule has 0 radical (unpaired) electrons. The molecule has 0 bridgehead atoms. The van der Waals surface area contributed by atoms with Crippen LogP contribution >= 0.6 is 15.6 Å². The van der Waals surface area contributed by atoms with Crippen molar-refractivity contribution in [2.75, 3.05) is 39.6 Å². The van der Waals surface area contributed by atoms with Gasteiger partial charge in [0.2, 0.25) is 0 Å². The molecule has 0 aromatic rings. The number of phosphoric acid groups is 2. The Hall–Kier alpha value is -2.46. The van der Waals surface area contributed by atoms with Crippen LogP contribution in [0.1, 0.15) is 382 Å². The van der Waals surface area contributed by atoms with Crippen LogP contribution in [0.15, 0.2) is 24.3 Å². The molecular formula is C79H150O17P2. The molecule has 0 saturated heterocycles. The zero-order chi connectivity index (χ0) is 72.3. The average Bonchev–Trinajstić information content (AvgIpc) is 0.974. The van der Waals surface area contributed by atoms with E-state index in [1.54, 1.807) is 0 Å². The maximum atomic E-state index is 13.1. The van der Waals surface area contributed by atoms with Crippen LogP contribution in [0.5, 0.6) is 0 Å². The number of hydrogen-bond donors (Lipinski definition) is 3. The Kier molecular flexibility index (Phi) is 67.2. The van der Waals surface area contributed by atoms with Gasteiger partial charge >= 0.3 is 39.5 Å². The highest BCUT2D eigenvalue weighted by atomic mass is 31.2. The molecule has 0 aliphatic rings. The van der Waals surface area contributed by atoms with Gasteiger partial charge < -0.3 is 33.8 Å². The number of allylic oxidation sites excluding steroid dienone is 4. The summed E-state index contributed by atoms with van der Waals surface area (Å²) in [6.45, 7) is 11.8. The molecule has 0 aliphatic heterocycles. The number of carbonyl (C=O) groups excluding carboxylic acids is 4. The molecule has 578 valence electrons. The van der Waals surface area contributed by atoms with Crippen molar-refractivity contribution in [3.05, 3.63) is 24.3 Å². The SMILES string of the molecule is CCCCCC/C=C\C=C/CCCCCCCC(=O)OC[C@H](COP(=O)(O)OCC(O)COP(=O)(O)OC[C@@H](COC(=O)CCCCCCCCCC(C)C)OC(=O)CCCCCCCCCCCCC(C)CC)OC(=O)CCCCCCCCCCCCCCCCCCC(C)C. The van der Waals surface area contributed by atoms with E-state index in [0.717, 1.165) is 127 Å². The van der Waals surface area contributed by atoms with E-state index >= 15 is 0 Å². The van der Waals surface area contributed by atoms with Crippen LogP contribution in [0, 0.1) is 17.8 Å². The number of rotatable bonds is 75. The van der Waals surface area contributed by atoms with Gasteiger partial charge in [0, 0.05) is 25.7 Å². The minimum atomic E-state index is -4.97. The normalized spacial score (nSPS) is 14.4. The van der Waals surface area contributed by atoms with Crippen molar-refractivity contribution >= 4 is 39.5 Å². The molecular weight excluding hydrogens is 1280 g/mol. The lowest BCUT2D eigenvalue weighted by atomic mass is 9.99. The summed E-state index contributed by atoms with van der Waals surface area (Å²) in [5.41, 5.74) is 0. The minimum Gasteiger partial charge on any atom is -0.462 e. The number of carbonyl (C=O) groups is 4. The molecule has 6 atom stereocenters. The van der Waals surface area contributed by atoms with Crippen LogP contribution in [-0.2, 0) is 65.4 Å². The molecule has 17 nitrogen and oxygen atoms in total. The maximum Gasteiger partial charge on any atom is 0.472 e. The molecule has 98 heavy (non-hydrogen) atoms. The van der Waals surface area contributed by atoms with Gasteiger partial charge in [0.05, 0.1) is 26.4 Å². The van der Waals surface area contributed by atoms with E-state index in [2.05, 4.69) is 72.8 Å². The van der Waals surface area contributed by atoms with Crippen LogP contribution in [-0.4, -0.2) is 96.7 Å². The van der Waals surface area contributed by atoms with E-state index in [0.29, 0.717) is 31.6 Å². The van der Waals surface area contributed by atoms with Gasteiger partial charge in [0.25, 0.3) is 0 Å². The van der Waals surface area contributed by atoms with Gasteiger partial charge in [0.1, 0.15) is 19.3 Å². The van der Waals surface area contributed by atoms with Crippen LogP contribution in [0.3, 0.4) is 0 Å². The lowest BCUT2D eigenvalue weighted by Gasteiger charge is -2.21. The number of phosphoric ester groups is 2. The molecule has 0 aromatic heterocycles. The van der Waals surface area contributed by atoms with Crippen LogP contribution in [0.25, 0.3) is 0 Å². The highest BCUT2D eigenvalue weighted by Gasteiger charge is 2.30. The summed E-state index contributed by atoms with van der Waals surface area (Å²) in [7, 11) is -9.93. The average molecular weight is 1430 g/mol. The van der Waals surface area contributed by atoms with Gasteiger partial charge in [-0.15, -0.1) is 0 Å². The van der Waals surface area contributed by atoms with Crippen LogP contribution in [0.4, 0.5) is 0 Å². The first-order chi connectivity index (χ1) is 47.3. The Balaban J connectivity index is 5.28. The number of esters is 4. The molecule has 19 heteroatoms. The van der Waals surface area contributed by atoms with E-state index in [-0.39, 0.29) is 25.7 Å². The third-order valence-corrected chi connectivity index (χ3v) is 20.0. The molecule has 0 spiro atoms. The third-order valence-electron chi connectivity index (χ3n) is 18.1. The Bertz CT molecular complexity index is 2000. The first-order valence-electron chi connectivity index (χ1n) is 40.2. The number of unbranched alkanes of at least 4 members (excludes halogenated alkanes) is 39. The lowest BCUT2D eigenvalue weighted by Crippen LogP contribution is -2.30. The Labute approximate surface area is 599 Å². The van der Waals surface area contributed by atoms with Crippen molar-refractivity contribution in [2.24, 2.45) is 17.8 Å². The second kappa shape index (κ2) is 68.9. The van der Waals surface area contributed by atoms with E-state index in [1.165, 1.54) is 167 Å². The molecule has 0 saturated carbocycles. The van der Waals surface area contributed by atoms with Crippen molar-refractivity contribution in [3.8, 4) is 0 Å². The first kappa shape index (κ1) is 95.5. The smallest absolute Gasteiger partial charge is 0.462 e. The number of hydrogen-bond acceptors (Lipinski definition) is 15. The van der Waals surface area contributed by atoms with Crippen molar-refractivity contribution in [1.82, 2.24) is 0 Å². The fraction of sp³-hybridized carbons (Fsp3) is 0.899. The molecule has 4 unspecified atom stereocenters. The van der Waals surface area contributed by atoms with Gasteiger partial charge in [-0.25, -0.2) is 9.13 Å². The van der Waals surface area contributed by atoms with Crippen molar-refractivity contribution in [1.29, 1.82) is 0 Å². The van der Waals surface area contributed by atoms with E-state index < -0.39 is 97.5 Å². The minimum absolute atomic E-state index is 0.101. The molecule has 3 N–H and O–H groups in total. The summed E-state index contributed by atoms with van der Waals surface area (Å²) in [4.78, 5) is 72.9. The van der Waals surface area contributed by atoms with Gasteiger partial charge in [-0.1, -0.05) is 330 Å². The second-order valence-corrected chi connectivity index (χ2v) is 31.9.